The number of nitrogens with one attached hydrogen (secondary N) is 1. The van der Waals surface area contributed by atoms with Gasteiger partial charge < -0.3 is 14.6 Å². The predicted molar refractivity (Wildman–Crippen MR) is 65.2 cm³/mol. The molecular weight excluding hydrogens is 200 g/mol. The highest BCUT2D eigenvalue weighted by atomic mass is 16.3. The predicted octanol–water partition coefficient (Wildman–Crippen LogP) is 1.96. The standard InChI is InChI=1S/C13H22N2O/c1-11-8-15(9-12(11)2)5-4-14-7-13-3-6-16-10-13/h3,6,10-12,14H,4-5,7-9H2,1-2H3. The summed E-state index contributed by atoms with van der Waals surface area (Å²) in [6, 6.07) is 2.01. The molecular formula is C13H22N2O. The van der Waals surface area contributed by atoms with Gasteiger partial charge in [0.15, 0.2) is 0 Å². The molecule has 1 aromatic rings. The Hall–Kier alpha value is -0.800. The second-order valence-electron chi connectivity index (χ2n) is 5.02. The Labute approximate surface area is 97.8 Å². The third-order valence-electron chi connectivity index (χ3n) is 3.58. The lowest BCUT2D eigenvalue weighted by Gasteiger charge is -2.15. The fourth-order valence-electron chi connectivity index (χ4n) is 2.29. The van der Waals surface area contributed by atoms with Gasteiger partial charge in [-0.25, -0.2) is 0 Å². The van der Waals surface area contributed by atoms with Crippen LogP contribution in [0.3, 0.4) is 0 Å². The SMILES string of the molecule is CC1CN(CCNCc2ccoc2)CC1C. The number of hydrogen-bond acceptors (Lipinski definition) is 3. The molecule has 1 N–H and O–H groups in total. The third kappa shape index (κ3) is 3.09. The molecule has 0 radical (unpaired) electrons. The molecule has 0 spiro atoms. The molecule has 2 rings (SSSR count). The zero-order valence-electron chi connectivity index (χ0n) is 10.3. The van der Waals surface area contributed by atoms with E-state index in [0.717, 1.165) is 31.5 Å². The Morgan fingerprint density at radius 2 is 2.12 bits per heavy atom. The van der Waals surface area contributed by atoms with Gasteiger partial charge in [0.25, 0.3) is 0 Å². The van der Waals surface area contributed by atoms with Crippen molar-refractivity contribution in [3.8, 4) is 0 Å². The first-order chi connectivity index (χ1) is 7.75. The van der Waals surface area contributed by atoms with Gasteiger partial charge in [0.2, 0.25) is 0 Å². The van der Waals surface area contributed by atoms with Gasteiger partial charge in [0, 0.05) is 38.3 Å². The largest absolute Gasteiger partial charge is 0.472 e. The van der Waals surface area contributed by atoms with Gasteiger partial charge in [0.1, 0.15) is 0 Å². The molecule has 2 atom stereocenters. The minimum absolute atomic E-state index is 0.855. The van der Waals surface area contributed by atoms with Gasteiger partial charge in [-0.05, 0) is 17.9 Å². The average molecular weight is 222 g/mol. The normalized spacial score (nSPS) is 26.4. The number of furan rings is 1. The smallest absolute Gasteiger partial charge is 0.0947 e. The molecule has 1 aliphatic rings. The van der Waals surface area contributed by atoms with Crippen LogP contribution in [0.25, 0.3) is 0 Å². The Bertz CT molecular complexity index is 287. The summed E-state index contributed by atoms with van der Waals surface area (Å²) in [6.45, 7) is 10.4. The molecule has 3 heteroatoms. The summed E-state index contributed by atoms with van der Waals surface area (Å²) in [5, 5.41) is 3.44. The van der Waals surface area contributed by atoms with E-state index in [1.165, 1.54) is 18.7 Å². The van der Waals surface area contributed by atoms with E-state index in [2.05, 4.69) is 24.1 Å². The van der Waals surface area contributed by atoms with Crippen LogP contribution in [0.15, 0.2) is 23.0 Å². The maximum Gasteiger partial charge on any atom is 0.0947 e. The maximum atomic E-state index is 5.02. The van der Waals surface area contributed by atoms with E-state index >= 15 is 0 Å². The summed E-state index contributed by atoms with van der Waals surface area (Å²) in [5.74, 6) is 1.71. The second kappa shape index (κ2) is 5.51. The van der Waals surface area contributed by atoms with Crippen LogP contribution < -0.4 is 5.32 Å². The van der Waals surface area contributed by atoms with Gasteiger partial charge in [-0.15, -0.1) is 0 Å². The fourth-order valence-corrected chi connectivity index (χ4v) is 2.29. The third-order valence-corrected chi connectivity index (χ3v) is 3.58. The van der Waals surface area contributed by atoms with Crippen LogP contribution in [-0.2, 0) is 6.54 Å². The van der Waals surface area contributed by atoms with E-state index in [4.69, 9.17) is 4.42 Å². The Morgan fingerprint density at radius 3 is 2.75 bits per heavy atom. The van der Waals surface area contributed by atoms with Gasteiger partial charge in [-0.2, -0.15) is 0 Å². The molecule has 90 valence electrons. The zero-order valence-corrected chi connectivity index (χ0v) is 10.3. The Morgan fingerprint density at radius 1 is 1.38 bits per heavy atom. The lowest BCUT2D eigenvalue weighted by Crippen LogP contribution is -2.30. The lowest BCUT2D eigenvalue weighted by molar-refractivity contribution is 0.321. The minimum Gasteiger partial charge on any atom is -0.472 e. The highest BCUT2D eigenvalue weighted by Crippen LogP contribution is 2.21. The van der Waals surface area contributed by atoms with Crippen LogP contribution in [0.5, 0.6) is 0 Å². The number of hydrogen-bond donors (Lipinski definition) is 1. The first-order valence-corrected chi connectivity index (χ1v) is 6.20. The van der Waals surface area contributed by atoms with Crippen LogP contribution in [-0.4, -0.2) is 31.1 Å². The van der Waals surface area contributed by atoms with Gasteiger partial charge in [0.05, 0.1) is 12.5 Å². The molecule has 1 saturated heterocycles. The molecule has 1 fully saturated rings. The molecule has 16 heavy (non-hydrogen) atoms. The van der Waals surface area contributed by atoms with Gasteiger partial charge >= 0.3 is 0 Å². The van der Waals surface area contributed by atoms with E-state index in [0.29, 0.717) is 0 Å². The van der Waals surface area contributed by atoms with Crippen LogP contribution in [0, 0.1) is 11.8 Å². The van der Waals surface area contributed by atoms with Crippen molar-refractivity contribution in [2.45, 2.75) is 20.4 Å². The molecule has 1 aromatic heterocycles. The maximum absolute atomic E-state index is 5.02. The molecule has 0 saturated carbocycles. The zero-order chi connectivity index (χ0) is 11.4. The van der Waals surface area contributed by atoms with Gasteiger partial charge in [-0.3, -0.25) is 0 Å². The van der Waals surface area contributed by atoms with E-state index in [1.807, 2.05) is 6.07 Å². The summed E-state index contributed by atoms with van der Waals surface area (Å²) >= 11 is 0. The van der Waals surface area contributed by atoms with Crippen molar-refractivity contribution in [1.82, 2.24) is 10.2 Å². The van der Waals surface area contributed by atoms with E-state index in [9.17, 15) is 0 Å². The Balaban J connectivity index is 1.59. The van der Waals surface area contributed by atoms with Crippen molar-refractivity contribution in [2.75, 3.05) is 26.2 Å². The van der Waals surface area contributed by atoms with Crippen molar-refractivity contribution >= 4 is 0 Å². The molecule has 0 aliphatic carbocycles. The van der Waals surface area contributed by atoms with Crippen molar-refractivity contribution in [3.63, 3.8) is 0 Å². The summed E-state index contributed by atoms with van der Waals surface area (Å²) in [7, 11) is 0. The molecule has 1 aliphatic heterocycles. The van der Waals surface area contributed by atoms with Crippen LogP contribution in [0.2, 0.25) is 0 Å². The minimum atomic E-state index is 0.855. The topological polar surface area (TPSA) is 28.4 Å². The lowest BCUT2D eigenvalue weighted by atomic mass is 10.0. The second-order valence-corrected chi connectivity index (χ2v) is 5.02. The molecule has 3 nitrogen and oxygen atoms in total. The highest BCUT2D eigenvalue weighted by Gasteiger charge is 2.24. The fraction of sp³-hybridized carbons (Fsp3) is 0.692. The quantitative estimate of drug-likeness (QED) is 0.772. The number of nitrogens with zero attached hydrogens (tertiary/aromatic N) is 1. The molecule has 0 amide bonds. The number of likely N-dealkylation sites (tertiary alicyclic amines) is 1. The van der Waals surface area contributed by atoms with Crippen molar-refractivity contribution < 1.29 is 4.42 Å². The highest BCUT2D eigenvalue weighted by molar-refractivity contribution is 5.04. The van der Waals surface area contributed by atoms with Crippen LogP contribution in [0.1, 0.15) is 19.4 Å². The molecule has 0 aromatic carbocycles. The monoisotopic (exact) mass is 222 g/mol. The van der Waals surface area contributed by atoms with E-state index in [-0.39, 0.29) is 0 Å². The van der Waals surface area contributed by atoms with Crippen LogP contribution in [0.4, 0.5) is 0 Å². The van der Waals surface area contributed by atoms with E-state index in [1.54, 1.807) is 12.5 Å². The Kier molecular flexibility index (Phi) is 4.02. The summed E-state index contributed by atoms with van der Waals surface area (Å²) in [5.41, 5.74) is 1.23. The molecule has 2 heterocycles. The first-order valence-electron chi connectivity index (χ1n) is 6.20. The number of rotatable bonds is 5. The molecule has 0 bridgehead atoms. The summed E-state index contributed by atoms with van der Waals surface area (Å²) < 4.78 is 5.02. The summed E-state index contributed by atoms with van der Waals surface area (Å²) in [6.07, 6.45) is 3.52. The van der Waals surface area contributed by atoms with E-state index < -0.39 is 0 Å². The van der Waals surface area contributed by atoms with Crippen LogP contribution >= 0.6 is 0 Å². The molecule has 2 unspecified atom stereocenters. The van der Waals surface area contributed by atoms with Crippen molar-refractivity contribution in [3.05, 3.63) is 24.2 Å². The van der Waals surface area contributed by atoms with Crippen molar-refractivity contribution in [2.24, 2.45) is 11.8 Å². The van der Waals surface area contributed by atoms with Crippen molar-refractivity contribution in [1.29, 1.82) is 0 Å². The summed E-state index contributed by atoms with van der Waals surface area (Å²) in [4.78, 5) is 2.55. The first kappa shape index (κ1) is 11.7. The van der Waals surface area contributed by atoms with Gasteiger partial charge in [-0.1, -0.05) is 13.8 Å². The average Bonchev–Trinajstić information content (AvgIpc) is 2.85.